The molecular weight excluding hydrogens is 344 g/mol. The molecule has 144 valence electrons. The Morgan fingerprint density at radius 2 is 1.63 bits per heavy atom. The van der Waals surface area contributed by atoms with Crippen LogP contribution in [0.2, 0.25) is 0 Å². The molecule has 0 bridgehead atoms. The van der Waals surface area contributed by atoms with E-state index in [-0.39, 0.29) is 17.4 Å². The summed E-state index contributed by atoms with van der Waals surface area (Å²) in [6.45, 7) is 7.40. The predicted molar refractivity (Wildman–Crippen MR) is 105 cm³/mol. The molecule has 1 unspecified atom stereocenters. The van der Waals surface area contributed by atoms with Crippen molar-refractivity contribution >= 4 is 17.5 Å². The minimum Gasteiger partial charge on any atom is -0.497 e. The Morgan fingerprint density at radius 1 is 1.00 bits per heavy atom. The zero-order valence-corrected chi connectivity index (χ0v) is 16.3. The standard InChI is InChI=1S/C21H26N2O4/c1-14(27-18-11-9-17(26-5)10-12-18)19(24)22-16-8-6-7-15(13-16)20(25)23-21(2,3)4/h6-14H,1-5H3,(H,22,24)(H,23,25). The molecule has 6 heteroatoms. The molecule has 27 heavy (non-hydrogen) atoms. The monoisotopic (exact) mass is 370 g/mol. The highest BCUT2D eigenvalue weighted by Crippen LogP contribution is 2.19. The number of carbonyl (C=O) groups excluding carboxylic acids is 2. The van der Waals surface area contributed by atoms with E-state index in [1.165, 1.54) is 0 Å². The molecular formula is C21H26N2O4. The summed E-state index contributed by atoms with van der Waals surface area (Å²) in [7, 11) is 1.59. The second kappa shape index (κ2) is 8.58. The fourth-order valence-electron chi connectivity index (χ4n) is 2.31. The van der Waals surface area contributed by atoms with Crippen LogP contribution in [0.5, 0.6) is 11.5 Å². The molecule has 2 rings (SSSR count). The summed E-state index contributed by atoms with van der Waals surface area (Å²) < 4.78 is 10.7. The van der Waals surface area contributed by atoms with Crippen LogP contribution in [0.1, 0.15) is 38.1 Å². The van der Waals surface area contributed by atoms with Gasteiger partial charge in [-0.1, -0.05) is 6.07 Å². The lowest BCUT2D eigenvalue weighted by Gasteiger charge is -2.20. The van der Waals surface area contributed by atoms with Gasteiger partial charge < -0.3 is 20.1 Å². The van der Waals surface area contributed by atoms with Gasteiger partial charge in [0.1, 0.15) is 11.5 Å². The third-order valence-electron chi connectivity index (χ3n) is 3.62. The highest BCUT2D eigenvalue weighted by Gasteiger charge is 2.18. The average molecular weight is 370 g/mol. The Bertz CT molecular complexity index is 795. The molecule has 2 N–H and O–H groups in total. The number of carbonyl (C=O) groups is 2. The van der Waals surface area contributed by atoms with Crippen molar-refractivity contribution in [3.63, 3.8) is 0 Å². The number of benzene rings is 2. The van der Waals surface area contributed by atoms with Crippen molar-refractivity contribution in [2.45, 2.75) is 39.3 Å². The van der Waals surface area contributed by atoms with Crippen molar-refractivity contribution in [3.05, 3.63) is 54.1 Å². The van der Waals surface area contributed by atoms with Crippen molar-refractivity contribution in [1.29, 1.82) is 0 Å². The molecule has 0 fully saturated rings. The first kappa shape index (κ1) is 20.3. The van der Waals surface area contributed by atoms with Crippen molar-refractivity contribution < 1.29 is 19.1 Å². The topological polar surface area (TPSA) is 76.7 Å². The van der Waals surface area contributed by atoms with E-state index in [2.05, 4.69) is 10.6 Å². The Morgan fingerprint density at radius 3 is 2.22 bits per heavy atom. The van der Waals surface area contributed by atoms with Crippen molar-refractivity contribution in [2.24, 2.45) is 0 Å². The van der Waals surface area contributed by atoms with Crippen LogP contribution in [0.3, 0.4) is 0 Å². The molecule has 0 aliphatic heterocycles. The van der Waals surface area contributed by atoms with Gasteiger partial charge >= 0.3 is 0 Å². The first-order valence-corrected chi connectivity index (χ1v) is 8.72. The molecule has 0 saturated carbocycles. The zero-order valence-electron chi connectivity index (χ0n) is 16.3. The molecule has 2 amide bonds. The van der Waals surface area contributed by atoms with Crippen LogP contribution in [0, 0.1) is 0 Å². The van der Waals surface area contributed by atoms with Crippen LogP contribution in [-0.4, -0.2) is 30.6 Å². The fourth-order valence-corrected chi connectivity index (χ4v) is 2.31. The SMILES string of the molecule is COc1ccc(OC(C)C(=O)Nc2cccc(C(=O)NC(C)(C)C)c2)cc1. The second-order valence-electron chi connectivity index (χ2n) is 7.21. The minimum atomic E-state index is -0.703. The third kappa shape index (κ3) is 6.33. The van der Waals surface area contributed by atoms with Gasteiger partial charge in [-0.15, -0.1) is 0 Å². The average Bonchev–Trinajstić information content (AvgIpc) is 2.61. The van der Waals surface area contributed by atoms with Gasteiger partial charge in [-0.05, 0) is 70.2 Å². The van der Waals surface area contributed by atoms with Gasteiger partial charge in [0.05, 0.1) is 7.11 Å². The second-order valence-corrected chi connectivity index (χ2v) is 7.21. The Hall–Kier alpha value is -3.02. The molecule has 6 nitrogen and oxygen atoms in total. The maximum atomic E-state index is 12.4. The van der Waals surface area contributed by atoms with Crippen LogP contribution in [0.15, 0.2) is 48.5 Å². The predicted octanol–water partition coefficient (Wildman–Crippen LogP) is 3.63. The lowest BCUT2D eigenvalue weighted by Crippen LogP contribution is -2.40. The first-order valence-electron chi connectivity index (χ1n) is 8.72. The number of anilines is 1. The van der Waals surface area contributed by atoms with E-state index < -0.39 is 6.10 Å². The number of nitrogens with one attached hydrogen (secondary N) is 2. The van der Waals surface area contributed by atoms with Crippen LogP contribution < -0.4 is 20.1 Å². The van der Waals surface area contributed by atoms with E-state index in [0.717, 1.165) is 0 Å². The molecule has 2 aromatic carbocycles. The fraction of sp³-hybridized carbons (Fsp3) is 0.333. The van der Waals surface area contributed by atoms with Crippen LogP contribution >= 0.6 is 0 Å². The highest BCUT2D eigenvalue weighted by atomic mass is 16.5. The van der Waals surface area contributed by atoms with E-state index in [1.807, 2.05) is 20.8 Å². The lowest BCUT2D eigenvalue weighted by atomic mass is 10.1. The van der Waals surface area contributed by atoms with Crippen molar-refractivity contribution in [2.75, 3.05) is 12.4 Å². The normalized spacial score (nSPS) is 12.0. The van der Waals surface area contributed by atoms with E-state index in [4.69, 9.17) is 9.47 Å². The molecule has 0 aromatic heterocycles. The van der Waals surface area contributed by atoms with Gasteiger partial charge in [-0.3, -0.25) is 9.59 Å². The summed E-state index contributed by atoms with van der Waals surface area (Å²) in [4.78, 5) is 24.7. The molecule has 0 saturated heterocycles. The van der Waals surface area contributed by atoms with Crippen LogP contribution in [0.25, 0.3) is 0 Å². The molecule has 0 spiro atoms. The van der Waals surface area contributed by atoms with Crippen molar-refractivity contribution in [1.82, 2.24) is 5.32 Å². The third-order valence-corrected chi connectivity index (χ3v) is 3.62. The molecule has 0 heterocycles. The molecule has 2 aromatic rings. The van der Waals surface area contributed by atoms with E-state index in [9.17, 15) is 9.59 Å². The minimum absolute atomic E-state index is 0.193. The quantitative estimate of drug-likeness (QED) is 0.814. The van der Waals surface area contributed by atoms with Gasteiger partial charge in [0, 0.05) is 16.8 Å². The Balaban J connectivity index is 1.99. The Kier molecular flexibility index (Phi) is 6.45. The number of ether oxygens (including phenoxy) is 2. The smallest absolute Gasteiger partial charge is 0.265 e. The van der Waals surface area contributed by atoms with Gasteiger partial charge in [-0.25, -0.2) is 0 Å². The molecule has 0 aliphatic rings. The lowest BCUT2D eigenvalue weighted by molar-refractivity contribution is -0.122. The zero-order chi connectivity index (χ0) is 20.0. The molecule has 0 aliphatic carbocycles. The summed E-state index contributed by atoms with van der Waals surface area (Å²) in [5.74, 6) is 0.780. The van der Waals surface area contributed by atoms with E-state index in [0.29, 0.717) is 22.7 Å². The number of amides is 2. The van der Waals surface area contributed by atoms with Gasteiger partial charge in [0.2, 0.25) is 0 Å². The first-order chi connectivity index (χ1) is 12.7. The number of rotatable bonds is 6. The van der Waals surface area contributed by atoms with Crippen LogP contribution in [-0.2, 0) is 4.79 Å². The maximum Gasteiger partial charge on any atom is 0.265 e. The largest absolute Gasteiger partial charge is 0.497 e. The number of hydrogen-bond acceptors (Lipinski definition) is 4. The number of hydrogen-bond donors (Lipinski definition) is 2. The summed E-state index contributed by atoms with van der Waals surface area (Å²) in [5.41, 5.74) is 0.676. The Labute approximate surface area is 159 Å². The van der Waals surface area contributed by atoms with Gasteiger partial charge in [0.15, 0.2) is 6.10 Å². The maximum absolute atomic E-state index is 12.4. The molecule has 1 atom stereocenters. The highest BCUT2D eigenvalue weighted by molar-refractivity contribution is 5.98. The summed E-state index contributed by atoms with van der Waals surface area (Å²) in [5, 5.41) is 5.67. The summed E-state index contributed by atoms with van der Waals surface area (Å²) >= 11 is 0. The van der Waals surface area contributed by atoms with E-state index >= 15 is 0 Å². The number of methoxy groups -OCH3 is 1. The van der Waals surface area contributed by atoms with E-state index in [1.54, 1.807) is 62.6 Å². The van der Waals surface area contributed by atoms with Gasteiger partial charge in [-0.2, -0.15) is 0 Å². The summed E-state index contributed by atoms with van der Waals surface area (Å²) in [6, 6.07) is 13.8. The summed E-state index contributed by atoms with van der Waals surface area (Å²) in [6.07, 6.45) is -0.703. The van der Waals surface area contributed by atoms with Crippen molar-refractivity contribution in [3.8, 4) is 11.5 Å². The molecule has 0 radical (unpaired) electrons. The van der Waals surface area contributed by atoms with Crippen LogP contribution in [0.4, 0.5) is 5.69 Å². The van der Waals surface area contributed by atoms with Gasteiger partial charge in [0.25, 0.3) is 11.8 Å².